The van der Waals surface area contributed by atoms with Crippen molar-refractivity contribution in [1.82, 2.24) is 4.90 Å². The Bertz CT molecular complexity index is 718. The monoisotopic (exact) mass is 312 g/mol. The first-order valence-corrected chi connectivity index (χ1v) is 7.26. The van der Waals surface area contributed by atoms with Crippen LogP contribution in [-0.4, -0.2) is 21.6 Å². The molecule has 1 aliphatic rings. The van der Waals surface area contributed by atoms with Gasteiger partial charge in [0.05, 0.1) is 22.6 Å². The van der Waals surface area contributed by atoms with Crippen LogP contribution in [0.2, 0.25) is 0 Å². The molecule has 118 valence electrons. The van der Waals surface area contributed by atoms with E-state index in [0.29, 0.717) is 16.7 Å². The van der Waals surface area contributed by atoms with Crippen molar-refractivity contribution >= 4 is 17.5 Å². The molecule has 2 aromatic rings. The zero-order valence-electron chi connectivity index (χ0n) is 12.9. The summed E-state index contributed by atoms with van der Waals surface area (Å²) < 4.78 is 0. The molecule has 2 aromatic carbocycles. The summed E-state index contributed by atoms with van der Waals surface area (Å²) in [6, 6.07) is 12.4. The van der Waals surface area contributed by atoms with E-state index in [1.807, 2.05) is 13.8 Å². The molecule has 0 unspecified atom stereocenters. The van der Waals surface area contributed by atoms with Gasteiger partial charge in [-0.25, -0.2) is 0 Å². The van der Waals surface area contributed by atoms with E-state index in [0.717, 1.165) is 4.90 Å². The van der Waals surface area contributed by atoms with Crippen LogP contribution in [0.3, 0.4) is 0 Å². The van der Waals surface area contributed by atoms with Crippen LogP contribution < -0.4 is 0 Å². The van der Waals surface area contributed by atoms with Gasteiger partial charge in [0.2, 0.25) is 0 Å². The first-order valence-electron chi connectivity index (χ1n) is 7.26. The van der Waals surface area contributed by atoms with Crippen molar-refractivity contribution < 1.29 is 14.5 Å². The minimum Gasteiger partial charge on any atom is -0.270 e. The maximum atomic E-state index is 12.2. The molecule has 0 fully saturated rings. The summed E-state index contributed by atoms with van der Waals surface area (Å²) in [7, 11) is 0. The number of carbonyl (C=O) groups excluding carboxylic acids is 2. The average molecular weight is 312 g/mol. The molecular weight excluding hydrogens is 296 g/mol. The van der Waals surface area contributed by atoms with Gasteiger partial charge in [-0.05, 0) is 17.7 Å². The molecule has 0 aromatic heterocycles. The fourth-order valence-corrected chi connectivity index (χ4v) is 2.29. The molecule has 0 spiro atoms. The summed E-state index contributed by atoms with van der Waals surface area (Å²) in [6.07, 6.45) is 0. The van der Waals surface area contributed by atoms with Crippen LogP contribution in [0.4, 0.5) is 5.69 Å². The number of carbonyl (C=O) groups is 2. The fraction of sp³-hybridized carbons (Fsp3) is 0.176. The second-order valence-corrected chi connectivity index (χ2v) is 4.67. The molecule has 0 N–H and O–H groups in total. The van der Waals surface area contributed by atoms with Crippen molar-refractivity contribution in [3.63, 3.8) is 0 Å². The number of nitrogens with zero attached hydrogens (tertiary/aromatic N) is 2. The number of hydrogen-bond donors (Lipinski definition) is 0. The van der Waals surface area contributed by atoms with Gasteiger partial charge in [0.15, 0.2) is 0 Å². The number of nitro groups is 1. The molecule has 1 heterocycles. The first kappa shape index (κ1) is 16.4. The highest BCUT2D eigenvalue weighted by atomic mass is 16.6. The maximum absolute atomic E-state index is 12.2. The number of non-ortho nitro benzene ring substituents is 1. The van der Waals surface area contributed by atoms with Gasteiger partial charge >= 0.3 is 0 Å². The van der Waals surface area contributed by atoms with E-state index in [-0.39, 0.29) is 24.0 Å². The predicted octanol–water partition coefficient (Wildman–Crippen LogP) is 3.42. The first-order chi connectivity index (χ1) is 11.1. The molecule has 0 bridgehead atoms. The molecule has 1 aliphatic heterocycles. The molecule has 6 heteroatoms. The van der Waals surface area contributed by atoms with Gasteiger partial charge in [-0.2, -0.15) is 0 Å². The van der Waals surface area contributed by atoms with Crippen molar-refractivity contribution in [1.29, 1.82) is 0 Å². The van der Waals surface area contributed by atoms with Crippen LogP contribution in [0.25, 0.3) is 0 Å². The van der Waals surface area contributed by atoms with Crippen LogP contribution >= 0.6 is 0 Å². The Morgan fingerprint density at radius 3 is 1.83 bits per heavy atom. The molecule has 23 heavy (non-hydrogen) atoms. The van der Waals surface area contributed by atoms with Crippen molar-refractivity contribution in [2.24, 2.45) is 0 Å². The number of benzene rings is 2. The Balaban J connectivity index is 0.000000924. The lowest BCUT2D eigenvalue weighted by molar-refractivity contribution is -0.384. The zero-order valence-corrected chi connectivity index (χ0v) is 12.9. The normalized spacial score (nSPS) is 12.5. The Morgan fingerprint density at radius 2 is 1.39 bits per heavy atom. The van der Waals surface area contributed by atoms with Crippen LogP contribution in [0.1, 0.15) is 40.1 Å². The van der Waals surface area contributed by atoms with E-state index in [4.69, 9.17) is 0 Å². The minimum absolute atomic E-state index is 0.0267. The highest BCUT2D eigenvalue weighted by molar-refractivity contribution is 6.21. The molecule has 2 amide bonds. The Morgan fingerprint density at radius 1 is 0.913 bits per heavy atom. The number of fused-ring (bicyclic) bond motifs is 1. The standard InChI is InChI=1S/C15H10N2O4.C2H6/c18-14-12-3-1-2-4-13(12)15(19)16(14)9-10-5-7-11(8-6-10)17(20)21;1-2/h1-8H,9H2;1-2H3. The highest BCUT2D eigenvalue weighted by Gasteiger charge is 2.34. The number of rotatable bonds is 3. The second-order valence-electron chi connectivity index (χ2n) is 4.67. The predicted molar refractivity (Wildman–Crippen MR) is 85.1 cm³/mol. The number of imide groups is 1. The minimum atomic E-state index is -0.494. The summed E-state index contributed by atoms with van der Waals surface area (Å²) in [5.41, 5.74) is 1.42. The van der Waals surface area contributed by atoms with Crippen LogP contribution in [-0.2, 0) is 6.54 Å². The van der Waals surface area contributed by atoms with E-state index in [2.05, 4.69) is 0 Å². The third-order valence-corrected chi connectivity index (χ3v) is 3.37. The van der Waals surface area contributed by atoms with E-state index in [9.17, 15) is 19.7 Å². The van der Waals surface area contributed by atoms with E-state index >= 15 is 0 Å². The van der Waals surface area contributed by atoms with Crippen LogP contribution in [0.15, 0.2) is 48.5 Å². The lowest BCUT2D eigenvalue weighted by Gasteiger charge is -2.13. The highest BCUT2D eigenvalue weighted by Crippen LogP contribution is 2.24. The molecule has 0 radical (unpaired) electrons. The zero-order chi connectivity index (χ0) is 17.0. The van der Waals surface area contributed by atoms with Crippen LogP contribution in [0, 0.1) is 10.1 Å². The molecule has 0 atom stereocenters. The Kier molecular flexibility index (Phi) is 4.85. The summed E-state index contributed by atoms with van der Waals surface area (Å²) in [6.45, 7) is 4.10. The third-order valence-electron chi connectivity index (χ3n) is 3.37. The van der Waals surface area contributed by atoms with E-state index in [1.54, 1.807) is 36.4 Å². The molecule has 0 saturated heterocycles. The van der Waals surface area contributed by atoms with E-state index < -0.39 is 4.92 Å². The largest absolute Gasteiger partial charge is 0.270 e. The van der Waals surface area contributed by atoms with Crippen molar-refractivity contribution in [2.75, 3.05) is 0 Å². The van der Waals surface area contributed by atoms with Gasteiger partial charge in [0.1, 0.15) is 0 Å². The lowest BCUT2D eigenvalue weighted by atomic mass is 10.1. The Labute approximate surface area is 133 Å². The van der Waals surface area contributed by atoms with Crippen LogP contribution in [0.5, 0.6) is 0 Å². The lowest BCUT2D eigenvalue weighted by Crippen LogP contribution is -2.29. The summed E-state index contributed by atoms with van der Waals surface area (Å²) >= 11 is 0. The molecule has 0 saturated carbocycles. The van der Waals surface area contributed by atoms with Gasteiger partial charge in [-0.1, -0.05) is 38.1 Å². The van der Waals surface area contributed by atoms with Crippen molar-refractivity contribution in [3.8, 4) is 0 Å². The van der Waals surface area contributed by atoms with Crippen molar-refractivity contribution in [3.05, 3.63) is 75.3 Å². The summed E-state index contributed by atoms with van der Waals surface area (Å²) in [4.78, 5) is 35.6. The van der Waals surface area contributed by atoms with Crippen molar-refractivity contribution in [2.45, 2.75) is 20.4 Å². The maximum Gasteiger partial charge on any atom is 0.269 e. The summed E-state index contributed by atoms with van der Waals surface area (Å²) in [5.74, 6) is -0.678. The number of nitro benzene ring substituents is 1. The average Bonchev–Trinajstić information content (AvgIpc) is 2.83. The third kappa shape index (κ3) is 3.11. The molecule has 6 nitrogen and oxygen atoms in total. The quantitative estimate of drug-likeness (QED) is 0.494. The van der Waals surface area contributed by atoms with Gasteiger partial charge in [-0.15, -0.1) is 0 Å². The van der Waals surface area contributed by atoms with Gasteiger partial charge in [0.25, 0.3) is 17.5 Å². The molecular formula is C17H16N2O4. The smallest absolute Gasteiger partial charge is 0.269 e. The molecule has 0 aliphatic carbocycles. The topological polar surface area (TPSA) is 80.5 Å². The fourth-order valence-electron chi connectivity index (χ4n) is 2.29. The van der Waals surface area contributed by atoms with Gasteiger partial charge < -0.3 is 0 Å². The number of hydrogen-bond acceptors (Lipinski definition) is 4. The van der Waals surface area contributed by atoms with Gasteiger partial charge in [0, 0.05) is 12.1 Å². The summed E-state index contributed by atoms with van der Waals surface area (Å²) in [5, 5.41) is 10.6. The van der Waals surface area contributed by atoms with E-state index in [1.165, 1.54) is 12.1 Å². The second kappa shape index (κ2) is 6.83. The number of amides is 2. The van der Waals surface area contributed by atoms with Gasteiger partial charge in [-0.3, -0.25) is 24.6 Å². The Hall–Kier alpha value is -3.02. The molecule has 3 rings (SSSR count). The SMILES string of the molecule is CC.O=C1c2ccccc2C(=O)N1Cc1ccc([N+](=O)[O-])cc1.